The highest BCUT2D eigenvalue weighted by Gasteiger charge is 2.67. The number of hydrogen-bond donors (Lipinski definition) is 0. The number of fused-ring (bicyclic) bond motifs is 1. The minimum atomic E-state index is -0.602. The molecule has 1 spiro atoms. The van der Waals surface area contributed by atoms with Crippen molar-refractivity contribution in [3.8, 4) is 0 Å². The number of likely N-dealkylation sites (N-methyl/N-ethyl adjacent to an activating group) is 1. The van der Waals surface area contributed by atoms with Crippen LogP contribution < -0.4 is 0 Å². The Morgan fingerprint density at radius 3 is 2.03 bits per heavy atom. The van der Waals surface area contributed by atoms with E-state index in [0.717, 1.165) is 13.1 Å². The maximum atomic E-state index is 14.0. The van der Waals surface area contributed by atoms with E-state index >= 15 is 0 Å². The van der Waals surface area contributed by atoms with Gasteiger partial charge in [-0.1, -0.05) is 60.7 Å². The molecule has 33 heavy (non-hydrogen) atoms. The van der Waals surface area contributed by atoms with Gasteiger partial charge in [-0.05, 0) is 34.1 Å². The van der Waals surface area contributed by atoms with Crippen LogP contribution in [0.3, 0.4) is 0 Å². The molecule has 0 radical (unpaired) electrons. The van der Waals surface area contributed by atoms with Crippen LogP contribution >= 0.6 is 0 Å². The molecule has 2 amide bonds. The average Bonchev–Trinajstić information content (AvgIpc) is 3.58. The lowest BCUT2D eigenvalue weighted by atomic mass is 9.55. The maximum absolute atomic E-state index is 14.0. The highest BCUT2D eigenvalue weighted by atomic mass is 16.5. The van der Waals surface area contributed by atoms with Crippen molar-refractivity contribution in [1.29, 1.82) is 0 Å². The zero-order valence-electron chi connectivity index (χ0n) is 18.6. The molecule has 0 N–H and O–H groups in total. The van der Waals surface area contributed by atoms with Crippen LogP contribution in [0.25, 0.3) is 0 Å². The molecule has 0 saturated carbocycles. The van der Waals surface area contributed by atoms with Crippen LogP contribution in [0.15, 0.2) is 60.7 Å². The van der Waals surface area contributed by atoms with E-state index in [0.29, 0.717) is 30.2 Å². The Balaban J connectivity index is 1.16. The Kier molecular flexibility index (Phi) is 3.34. The second kappa shape index (κ2) is 5.95. The van der Waals surface area contributed by atoms with Crippen LogP contribution in [0.5, 0.6) is 0 Å². The van der Waals surface area contributed by atoms with E-state index in [1.54, 1.807) is 4.90 Å². The molecule has 7 aliphatic rings. The van der Waals surface area contributed by atoms with Crippen molar-refractivity contribution >= 4 is 11.8 Å². The van der Waals surface area contributed by atoms with Crippen molar-refractivity contribution in [2.75, 3.05) is 26.7 Å². The minimum Gasteiger partial charge on any atom is -0.360 e. The summed E-state index contributed by atoms with van der Waals surface area (Å²) in [4.78, 5) is 30.8. The van der Waals surface area contributed by atoms with Gasteiger partial charge in [0.15, 0.2) is 0 Å². The predicted molar refractivity (Wildman–Crippen MR) is 121 cm³/mol. The fraction of sp³-hybridized carbons (Fsp3) is 0.429. The van der Waals surface area contributed by atoms with Gasteiger partial charge in [0.25, 0.3) is 0 Å². The summed E-state index contributed by atoms with van der Waals surface area (Å²) in [5.74, 6) is 0.926. The Morgan fingerprint density at radius 1 is 0.939 bits per heavy atom. The Labute approximate surface area is 193 Å². The standard InChI is InChI=1S/C28H26N2O3/c1-29-14-28-11-10-21(33-28)24(25(28)27(29)32)26(31)30-12-19-20(13-30)23-16-7-3-2-6-15(16)22(19)17-8-4-5-9-18(17)23/h2-11,19-25H,12-14H2,1H3. The topological polar surface area (TPSA) is 49.9 Å². The van der Waals surface area contributed by atoms with Gasteiger partial charge in [0.05, 0.1) is 24.5 Å². The molecule has 5 heteroatoms. The van der Waals surface area contributed by atoms with Crippen LogP contribution in [-0.4, -0.2) is 60.0 Å². The molecule has 2 aromatic rings. The molecule has 166 valence electrons. The molecule has 2 aromatic carbocycles. The molecule has 3 saturated heterocycles. The van der Waals surface area contributed by atoms with Gasteiger partial charge in [-0.2, -0.15) is 0 Å². The molecule has 6 atom stereocenters. The van der Waals surface area contributed by atoms with Crippen molar-refractivity contribution in [3.05, 3.63) is 82.9 Å². The number of rotatable bonds is 1. The van der Waals surface area contributed by atoms with E-state index in [9.17, 15) is 9.59 Å². The van der Waals surface area contributed by atoms with E-state index < -0.39 is 11.5 Å². The van der Waals surface area contributed by atoms with Gasteiger partial charge in [0.1, 0.15) is 5.60 Å². The summed E-state index contributed by atoms with van der Waals surface area (Å²) in [6, 6.07) is 17.7. The number of carbonyl (C=O) groups is 2. The molecule has 4 heterocycles. The van der Waals surface area contributed by atoms with E-state index in [1.807, 2.05) is 19.2 Å². The first-order chi connectivity index (χ1) is 16.1. The van der Waals surface area contributed by atoms with Crippen molar-refractivity contribution in [2.45, 2.75) is 23.5 Å². The Morgan fingerprint density at radius 2 is 1.48 bits per heavy atom. The average molecular weight is 439 g/mol. The summed E-state index contributed by atoms with van der Waals surface area (Å²) in [5, 5.41) is 0. The number of carbonyl (C=O) groups excluding carboxylic acids is 2. The first kappa shape index (κ1) is 18.5. The molecule has 4 aliphatic heterocycles. The number of nitrogens with zero attached hydrogens (tertiary/aromatic N) is 2. The molecule has 6 unspecified atom stereocenters. The molecular weight excluding hydrogens is 412 g/mol. The summed E-state index contributed by atoms with van der Waals surface area (Å²) < 4.78 is 6.27. The van der Waals surface area contributed by atoms with Gasteiger partial charge < -0.3 is 14.5 Å². The van der Waals surface area contributed by atoms with Crippen LogP contribution in [-0.2, 0) is 14.3 Å². The monoisotopic (exact) mass is 438 g/mol. The maximum Gasteiger partial charge on any atom is 0.229 e. The minimum absolute atomic E-state index is 0.0525. The molecule has 3 aliphatic carbocycles. The summed E-state index contributed by atoms with van der Waals surface area (Å²) in [7, 11) is 1.82. The summed E-state index contributed by atoms with van der Waals surface area (Å²) in [5.41, 5.74) is 5.15. The second-order valence-electron chi connectivity index (χ2n) is 10.9. The lowest BCUT2D eigenvalue weighted by Crippen LogP contribution is -2.45. The zero-order valence-corrected chi connectivity index (χ0v) is 18.6. The zero-order chi connectivity index (χ0) is 22.1. The first-order valence-electron chi connectivity index (χ1n) is 12.2. The van der Waals surface area contributed by atoms with Crippen molar-refractivity contribution < 1.29 is 14.3 Å². The largest absolute Gasteiger partial charge is 0.360 e. The van der Waals surface area contributed by atoms with Crippen molar-refractivity contribution in [2.24, 2.45) is 23.7 Å². The number of ether oxygens (including phenoxy) is 1. The molecule has 3 fully saturated rings. The van der Waals surface area contributed by atoms with E-state index in [-0.39, 0.29) is 23.8 Å². The van der Waals surface area contributed by atoms with Crippen LogP contribution in [0, 0.1) is 23.7 Å². The van der Waals surface area contributed by atoms with E-state index in [1.165, 1.54) is 22.3 Å². The first-order valence-corrected chi connectivity index (χ1v) is 12.2. The van der Waals surface area contributed by atoms with Gasteiger partial charge >= 0.3 is 0 Å². The van der Waals surface area contributed by atoms with Gasteiger partial charge in [0, 0.05) is 32.0 Å². The third-order valence-corrected chi connectivity index (χ3v) is 9.49. The van der Waals surface area contributed by atoms with Crippen LogP contribution in [0.1, 0.15) is 34.1 Å². The fourth-order valence-electron chi connectivity index (χ4n) is 8.34. The summed E-state index contributed by atoms with van der Waals surface area (Å²) in [6.45, 7) is 2.08. The summed E-state index contributed by atoms with van der Waals surface area (Å²) >= 11 is 0. The number of amides is 2. The van der Waals surface area contributed by atoms with Crippen molar-refractivity contribution in [1.82, 2.24) is 9.80 Å². The summed E-state index contributed by atoms with van der Waals surface area (Å²) in [6.07, 6.45) is 3.78. The molecule has 5 nitrogen and oxygen atoms in total. The Bertz CT molecular complexity index is 1160. The SMILES string of the molecule is CN1CC23C=CC(O2)C(C(=O)N2CC4C5c6ccccc6C(c6ccccc65)C4C2)C3C1=O. The number of benzene rings is 2. The van der Waals surface area contributed by atoms with Crippen LogP contribution in [0.2, 0.25) is 0 Å². The van der Waals surface area contributed by atoms with Gasteiger partial charge in [0.2, 0.25) is 11.8 Å². The predicted octanol–water partition coefficient (Wildman–Crippen LogP) is 2.76. The van der Waals surface area contributed by atoms with E-state index in [4.69, 9.17) is 4.74 Å². The lowest BCUT2D eigenvalue weighted by Gasteiger charge is -2.47. The normalized spacial score (nSPS) is 40.8. The fourth-order valence-corrected chi connectivity index (χ4v) is 8.34. The number of hydrogen-bond acceptors (Lipinski definition) is 3. The quantitative estimate of drug-likeness (QED) is 0.644. The molecule has 0 aromatic heterocycles. The lowest BCUT2D eigenvalue weighted by molar-refractivity contribution is -0.142. The molecule has 4 bridgehead atoms. The van der Waals surface area contributed by atoms with E-state index in [2.05, 4.69) is 53.4 Å². The van der Waals surface area contributed by atoms with Gasteiger partial charge in [-0.3, -0.25) is 9.59 Å². The van der Waals surface area contributed by atoms with Crippen molar-refractivity contribution in [3.63, 3.8) is 0 Å². The third kappa shape index (κ3) is 2.09. The van der Waals surface area contributed by atoms with Gasteiger partial charge in [-0.15, -0.1) is 0 Å². The highest BCUT2D eigenvalue weighted by Crippen LogP contribution is 2.61. The highest BCUT2D eigenvalue weighted by molar-refractivity contribution is 5.93. The smallest absolute Gasteiger partial charge is 0.229 e. The van der Waals surface area contributed by atoms with Gasteiger partial charge in [-0.25, -0.2) is 0 Å². The number of likely N-dealkylation sites (tertiary alicyclic amines) is 2. The third-order valence-electron chi connectivity index (χ3n) is 9.49. The van der Waals surface area contributed by atoms with Crippen LogP contribution in [0.4, 0.5) is 0 Å². The molecular formula is C28H26N2O3. The molecule has 9 rings (SSSR count). The second-order valence-corrected chi connectivity index (χ2v) is 10.9. The Hall–Kier alpha value is -2.92.